The molecule has 0 bridgehead atoms. The van der Waals surface area contributed by atoms with Gasteiger partial charge >= 0.3 is 5.97 Å². The largest absolute Gasteiger partial charge is 0.462 e. The van der Waals surface area contributed by atoms with E-state index in [0.29, 0.717) is 33.0 Å². The Morgan fingerprint density at radius 3 is 2.42 bits per heavy atom. The highest BCUT2D eigenvalue weighted by Crippen LogP contribution is 2.25. The van der Waals surface area contributed by atoms with Crippen LogP contribution in [-0.4, -0.2) is 37.1 Å². The van der Waals surface area contributed by atoms with E-state index in [1.165, 1.54) is 30.3 Å². The first-order valence-electron chi connectivity index (χ1n) is 8.90. The Kier molecular flexibility index (Phi) is 6.88. The summed E-state index contributed by atoms with van der Waals surface area (Å²) in [5.41, 5.74) is 1.44. The van der Waals surface area contributed by atoms with Gasteiger partial charge in [0.15, 0.2) is 0 Å². The highest BCUT2D eigenvalue weighted by molar-refractivity contribution is 7.94. The van der Waals surface area contributed by atoms with E-state index in [1.54, 1.807) is 26.0 Å². The second-order valence-corrected chi connectivity index (χ2v) is 9.46. The molecule has 1 amide bonds. The number of carbonyl (C=O) groups excluding carboxylic acids is 2. The van der Waals surface area contributed by atoms with Crippen LogP contribution in [0, 0.1) is 6.92 Å². The summed E-state index contributed by atoms with van der Waals surface area (Å²) in [7, 11) is -4.05. The standard InChI is InChI=1S/C19H17ClN4O5S2/c1-3-29-17(26)13-6-9-15(11(2)10-13)24-31(27,28)19-23-22-18(30-19)21-16(25)12-4-7-14(20)8-5-12/h4-10,24H,3H2,1-2H3,(H,21,22,25). The van der Waals surface area contributed by atoms with E-state index in [1.807, 2.05) is 0 Å². The fourth-order valence-electron chi connectivity index (χ4n) is 2.45. The zero-order valence-corrected chi connectivity index (χ0v) is 18.8. The van der Waals surface area contributed by atoms with Gasteiger partial charge in [0.05, 0.1) is 17.9 Å². The van der Waals surface area contributed by atoms with Gasteiger partial charge in [-0.25, -0.2) is 4.79 Å². The fourth-order valence-corrected chi connectivity index (χ4v) is 4.60. The van der Waals surface area contributed by atoms with Gasteiger partial charge in [0, 0.05) is 10.6 Å². The SMILES string of the molecule is CCOC(=O)c1ccc(NS(=O)(=O)c2nnc(NC(=O)c3ccc(Cl)cc3)s2)c(C)c1. The Hall–Kier alpha value is -3.02. The molecule has 3 aromatic rings. The van der Waals surface area contributed by atoms with E-state index in [9.17, 15) is 18.0 Å². The van der Waals surface area contributed by atoms with Crippen LogP contribution in [0.5, 0.6) is 0 Å². The summed E-state index contributed by atoms with van der Waals surface area (Å²) in [4.78, 5) is 24.0. The highest BCUT2D eigenvalue weighted by atomic mass is 35.5. The van der Waals surface area contributed by atoms with Crippen LogP contribution < -0.4 is 10.0 Å². The number of nitrogens with zero attached hydrogens (tertiary/aromatic N) is 2. The minimum atomic E-state index is -4.05. The number of amides is 1. The summed E-state index contributed by atoms with van der Waals surface area (Å²) in [5.74, 6) is -0.972. The van der Waals surface area contributed by atoms with Crippen molar-refractivity contribution in [3.63, 3.8) is 0 Å². The summed E-state index contributed by atoms with van der Waals surface area (Å²) < 4.78 is 32.3. The number of carbonyl (C=O) groups is 2. The summed E-state index contributed by atoms with van der Waals surface area (Å²) in [5, 5.41) is 10.4. The minimum absolute atomic E-state index is 0.0229. The predicted octanol–water partition coefficient (Wildman–Crippen LogP) is 3.73. The number of esters is 1. The third kappa shape index (κ3) is 5.57. The fraction of sp³-hybridized carbons (Fsp3) is 0.158. The van der Waals surface area contributed by atoms with Crippen molar-refractivity contribution in [1.82, 2.24) is 10.2 Å². The molecular weight excluding hydrogens is 464 g/mol. The van der Waals surface area contributed by atoms with Crippen LogP contribution in [0.3, 0.4) is 0 Å². The summed E-state index contributed by atoms with van der Waals surface area (Å²) in [6.45, 7) is 3.58. The number of ether oxygens (including phenoxy) is 1. The molecule has 0 aliphatic rings. The Balaban J connectivity index is 1.73. The normalized spacial score (nSPS) is 11.1. The van der Waals surface area contributed by atoms with Crippen molar-refractivity contribution in [3.05, 3.63) is 64.2 Å². The molecule has 1 heterocycles. The molecule has 162 valence electrons. The molecule has 2 aromatic carbocycles. The van der Waals surface area contributed by atoms with Crippen LogP contribution >= 0.6 is 22.9 Å². The molecule has 0 fully saturated rings. The van der Waals surface area contributed by atoms with Gasteiger partial charge in [-0.05, 0) is 61.9 Å². The summed E-state index contributed by atoms with van der Waals surface area (Å²) in [6.07, 6.45) is 0. The van der Waals surface area contributed by atoms with E-state index < -0.39 is 21.9 Å². The lowest BCUT2D eigenvalue weighted by Gasteiger charge is -2.10. The van der Waals surface area contributed by atoms with Crippen LogP contribution in [0.15, 0.2) is 46.8 Å². The molecule has 31 heavy (non-hydrogen) atoms. The Bertz CT molecular complexity index is 1230. The molecule has 1 aromatic heterocycles. The molecule has 0 unspecified atom stereocenters. The molecule has 2 N–H and O–H groups in total. The molecule has 0 aliphatic carbocycles. The first-order valence-corrected chi connectivity index (χ1v) is 11.6. The predicted molar refractivity (Wildman–Crippen MR) is 117 cm³/mol. The summed E-state index contributed by atoms with van der Waals surface area (Å²) >= 11 is 6.50. The third-order valence-electron chi connectivity index (χ3n) is 3.95. The van der Waals surface area contributed by atoms with Crippen LogP contribution in [0.1, 0.15) is 33.2 Å². The van der Waals surface area contributed by atoms with E-state index in [2.05, 4.69) is 20.2 Å². The number of anilines is 2. The minimum Gasteiger partial charge on any atom is -0.462 e. The maximum absolute atomic E-state index is 12.7. The molecule has 9 nitrogen and oxygen atoms in total. The molecular formula is C19H17ClN4O5S2. The average Bonchev–Trinajstić information content (AvgIpc) is 3.19. The average molecular weight is 481 g/mol. The van der Waals surface area contributed by atoms with E-state index in [-0.39, 0.29) is 21.8 Å². The number of aromatic nitrogens is 2. The Morgan fingerprint density at radius 2 is 1.77 bits per heavy atom. The molecule has 0 saturated carbocycles. The van der Waals surface area contributed by atoms with Crippen LogP contribution in [0.2, 0.25) is 5.02 Å². The second kappa shape index (κ2) is 9.41. The van der Waals surface area contributed by atoms with Crippen LogP contribution in [0.4, 0.5) is 10.8 Å². The van der Waals surface area contributed by atoms with Crippen molar-refractivity contribution >= 4 is 55.7 Å². The van der Waals surface area contributed by atoms with Gasteiger partial charge in [-0.2, -0.15) is 8.42 Å². The van der Waals surface area contributed by atoms with Gasteiger partial charge in [0.25, 0.3) is 20.3 Å². The topological polar surface area (TPSA) is 127 Å². The number of hydrogen-bond donors (Lipinski definition) is 2. The van der Waals surface area contributed by atoms with Crippen LogP contribution in [0.25, 0.3) is 0 Å². The summed E-state index contributed by atoms with van der Waals surface area (Å²) in [6, 6.07) is 10.6. The number of aryl methyl sites for hydroxylation is 1. The third-order valence-corrected chi connectivity index (χ3v) is 6.77. The monoisotopic (exact) mass is 480 g/mol. The number of halogens is 1. The maximum atomic E-state index is 12.7. The van der Waals surface area contributed by atoms with E-state index in [4.69, 9.17) is 16.3 Å². The van der Waals surface area contributed by atoms with Crippen molar-refractivity contribution < 1.29 is 22.7 Å². The van der Waals surface area contributed by atoms with Crippen molar-refractivity contribution in [3.8, 4) is 0 Å². The maximum Gasteiger partial charge on any atom is 0.338 e. The van der Waals surface area contributed by atoms with Gasteiger partial charge in [-0.3, -0.25) is 14.8 Å². The molecule has 3 rings (SSSR count). The molecule has 0 spiro atoms. The lowest BCUT2D eigenvalue weighted by molar-refractivity contribution is 0.0526. The molecule has 0 aliphatic heterocycles. The van der Waals surface area contributed by atoms with Crippen molar-refractivity contribution in [1.29, 1.82) is 0 Å². The number of rotatable bonds is 7. The first kappa shape index (κ1) is 22.7. The zero-order chi connectivity index (χ0) is 22.6. The van der Waals surface area contributed by atoms with E-state index >= 15 is 0 Å². The Morgan fingerprint density at radius 1 is 1.10 bits per heavy atom. The van der Waals surface area contributed by atoms with E-state index in [0.717, 1.165) is 0 Å². The van der Waals surface area contributed by atoms with Crippen molar-refractivity contribution in [2.75, 3.05) is 16.6 Å². The van der Waals surface area contributed by atoms with Crippen molar-refractivity contribution in [2.24, 2.45) is 0 Å². The van der Waals surface area contributed by atoms with Gasteiger partial charge in [-0.15, -0.1) is 10.2 Å². The number of nitrogens with one attached hydrogen (secondary N) is 2. The smallest absolute Gasteiger partial charge is 0.338 e. The molecule has 12 heteroatoms. The molecule has 0 atom stereocenters. The van der Waals surface area contributed by atoms with Gasteiger partial charge in [0.2, 0.25) is 5.13 Å². The first-order chi connectivity index (χ1) is 14.7. The highest BCUT2D eigenvalue weighted by Gasteiger charge is 2.22. The molecule has 0 saturated heterocycles. The second-order valence-electron chi connectivity index (χ2n) is 6.19. The van der Waals surface area contributed by atoms with Gasteiger partial charge in [0.1, 0.15) is 0 Å². The number of benzene rings is 2. The zero-order valence-electron chi connectivity index (χ0n) is 16.4. The van der Waals surface area contributed by atoms with Crippen LogP contribution in [-0.2, 0) is 14.8 Å². The number of sulfonamides is 1. The quantitative estimate of drug-likeness (QED) is 0.389. The van der Waals surface area contributed by atoms with Gasteiger partial charge in [-0.1, -0.05) is 22.9 Å². The van der Waals surface area contributed by atoms with Gasteiger partial charge < -0.3 is 4.74 Å². The lowest BCUT2D eigenvalue weighted by atomic mass is 10.1. The Labute approximate surface area is 187 Å². The van der Waals surface area contributed by atoms with Crippen molar-refractivity contribution in [2.45, 2.75) is 18.2 Å². The lowest BCUT2D eigenvalue weighted by Crippen LogP contribution is -2.14. The number of hydrogen-bond acceptors (Lipinski definition) is 8. The molecule has 0 radical (unpaired) electrons.